The van der Waals surface area contributed by atoms with Gasteiger partial charge >= 0.3 is 0 Å². The van der Waals surface area contributed by atoms with E-state index in [2.05, 4.69) is 56.0 Å². The number of fused-ring (bicyclic) bond motifs is 1. The van der Waals surface area contributed by atoms with Gasteiger partial charge in [0.1, 0.15) is 11.9 Å². The number of nitrogens with one attached hydrogen (secondary N) is 4. The van der Waals surface area contributed by atoms with E-state index in [1.807, 2.05) is 30.3 Å². The number of anilines is 2. The van der Waals surface area contributed by atoms with Crippen LogP contribution in [-0.4, -0.2) is 16.0 Å². The fourth-order valence-corrected chi connectivity index (χ4v) is 5.77. The van der Waals surface area contributed by atoms with Gasteiger partial charge in [-0.2, -0.15) is 5.26 Å². The topological polar surface area (TPSA) is 88.0 Å². The minimum Gasteiger partial charge on any atom is -0.376 e. The SMILES string of the molecule is N#Cc1cnc2c(Cl)cc(NC(C3=CN(C4CC4)NN3)c3ccc(F)cc3)cc2c1N[C@@H](c1ccccc1)C1CC1. The van der Waals surface area contributed by atoms with Crippen molar-refractivity contribution in [2.24, 2.45) is 5.92 Å². The summed E-state index contributed by atoms with van der Waals surface area (Å²) in [6, 6.07) is 23.2. The first-order valence-electron chi connectivity index (χ1n) is 13.9. The Hall–Kier alpha value is -4.32. The molecule has 9 heteroatoms. The second-order valence-corrected chi connectivity index (χ2v) is 11.4. The Balaban J connectivity index is 1.29. The number of pyridine rings is 1. The first kappa shape index (κ1) is 25.6. The Morgan fingerprint density at radius 2 is 1.78 bits per heavy atom. The fourth-order valence-electron chi connectivity index (χ4n) is 5.50. The van der Waals surface area contributed by atoms with Crippen LogP contribution < -0.4 is 21.6 Å². The van der Waals surface area contributed by atoms with Crippen molar-refractivity contribution in [3.63, 3.8) is 0 Å². The Bertz CT molecular complexity index is 1660. The Labute approximate surface area is 243 Å². The number of benzene rings is 3. The molecule has 0 radical (unpaired) electrons. The predicted octanol–water partition coefficient (Wildman–Crippen LogP) is 6.94. The van der Waals surface area contributed by atoms with Gasteiger partial charge in [0.15, 0.2) is 0 Å². The van der Waals surface area contributed by atoms with Crippen LogP contribution in [-0.2, 0) is 0 Å². The van der Waals surface area contributed by atoms with Crippen LogP contribution in [0.1, 0.15) is 54.5 Å². The molecule has 4 aromatic rings. The molecule has 0 spiro atoms. The van der Waals surface area contributed by atoms with E-state index in [1.54, 1.807) is 18.3 Å². The normalized spacial score (nSPS) is 17.9. The van der Waals surface area contributed by atoms with E-state index in [0.717, 1.165) is 53.7 Å². The minimum absolute atomic E-state index is 0.0728. The summed E-state index contributed by atoms with van der Waals surface area (Å²) >= 11 is 6.83. The van der Waals surface area contributed by atoms with Crippen LogP contribution in [0.25, 0.3) is 10.9 Å². The maximum Gasteiger partial charge on any atom is 0.123 e. The molecule has 3 aromatic carbocycles. The second kappa shape index (κ2) is 10.6. The van der Waals surface area contributed by atoms with Crippen LogP contribution in [0.2, 0.25) is 5.02 Å². The van der Waals surface area contributed by atoms with Crippen LogP contribution in [0.3, 0.4) is 0 Å². The molecule has 2 fully saturated rings. The van der Waals surface area contributed by atoms with Gasteiger partial charge in [-0.05, 0) is 67.0 Å². The lowest BCUT2D eigenvalue weighted by Crippen LogP contribution is -2.38. The van der Waals surface area contributed by atoms with Gasteiger partial charge in [-0.1, -0.05) is 54.1 Å². The smallest absolute Gasteiger partial charge is 0.123 e. The third-order valence-corrected chi connectivity index (χ3v) is 8.26. The van der Waals surface area contributed by atoms with E-state index < -0.39 is 0 Å². The van der Waals surface area contributed by atoms with Crippen molar-refractivity contribution < 1.29 is 4.39 Å². The van der Waals surface area contributed by atoms with Gasteiger partial charge in [0.25, 0.3) is 0 Å². The molecule has 2 aliphatic carbocycles. The molecule has 0 saturated heterocycles. The molecule has 7 rings (SSSR count). The number of nitrogens with zero attached hydrogens (tertiary/aromatic N) is 3. The summed E-state index contributed by atoms with van der Waals surface area (Å²) < 4.78 is 13.8. The summed E-state index contributed by atoms with van der Waals surface area (Å²) in [5.74, 6) is 0.205. The Morgan fingerprint density at radius 1 is 1.00 bits per heavy atom. The van der Waals surface area contributed by atoms with Crippen LogP contribution in [0.4, 0.5) is 15.8 Å². The van der Waals surface area contributed by atoms with E-state index in [-0.39, 0.29) is 17.9 Å². The molecule has 1 unspecified atom stereocenters. The lowest BCUT2D eigenvalue weighted by atomic mass is 10.00. The summed E-state index contributed by atoms with van der Waals surface area (Å²) in [7, 11) is 0. The summed E-state index contributed by atoms with van der Waals surface area (Å²) in [4.78, 5) is 4.55. The van der Waals surface area contributed by atoms with E-state index >= 15 is 0 Å². The van der Waals surface area contributed by atoms with E-state index in [9.17, 15) is 9.65 Å². The summed E-state index contributed by atoms with van der Waals surface area (Å²) in [6.07, 6.45) is 8.20. The maximum atomic E-state index is 13.8. The number of hydrogen-bond acceptors (Lipinski definition) is 7. The Morgan fingerprint density at radius 3 is 2.49 bits per heavy atom. The molecule has 2 atom stereocenters. The van der Waals surface area contributed by atoms with Gasteiger partial charge in [0, 0.05) is 29.5 Å². The number of nitriles is 1. The highest BCUT2D eigenvalue weighted by molar-refractivity contribution is 6.35. The molecule has 2 saturated carbocycles. The highest BCUT2D eigenvalue weighted by Crippen LogP contribution is 2.45. The standard InChI is InChI=1S/C32H29ClFN7/c33-27-15-24(37-31(21-8-10-23(34)11-9-21)28-18-41(40-39-28)25-12-13-25)14-26-30(22(16-35)17-36-32(26)27)38-29(20-6-7-20)19-4-2-1-3-5-19/h1-5,8-11,14-15,17-18,20,25,29,31,37,39-40H,6-7,12-13H2,(H,36,38)/t29-,31?/m0/s1. The third-order valence-electron chi connectivity index (χ3n) is 7.97. The molecule has 3 aliphatic rings. The van der Waals surface area contributed by atoms with Gasteiger partial charge in [-0.3, -0.25) is 9.99 Å². The zero-order chi connectivity index (χ0) is 27.9. The summed E-state index contributed by atoms with van der Waals surface area (Å²) in [6.45, 7) is 0. The number of aromatic nitrogens is 1. The minimum atomic E-state index is -0.313. The summed E-state index contributed by atoms with van der Waals surface area (Å²) in [5, 5.41) is 20.7. The quantitative estimate of drug-likeness (QED) is 0.175. The number of halogens is 2. The van der Waals surface area contributed by atoms with Crippen LogP contribution >= 0.6 is 11.6 Å². The van der Waals surface area contributed by atoms with Crippen molar-refractivity contribution in [2.75, 3.05) is 10.6 Å². The maximum absolute atomic E-state index is 13.8. The first-order valence-corrected chi connectivity index (χ1v) is 14.3. The van der Waals surface area contributed by atoms with Crippen LogP contribution in [0, 0.1) is 23.1 Å². The van der Waals surface area contributed by atoms with Gasteiger partial charge < -0.3 is 16.1 Å². The van der Waals surface area contributed by atoms with Crippen molar-refractivity contribution in [1.29, 1.82) is 5.26 Å². The predicted molar refractivity (Wildman–Crippen MR) is 159 cm³/mol. The number of rotatable bonds is 9. The van der Waals surface area contributed by atoms with Crippen molar-refractivity contribution in [3.05, 3.63) is 112 Å². The monoisotopic (exact) mass is 565 g/mol. The molecule has 1 aliphatic heterocycles. The highest BCUT2D eigenvalue weighted by Gasteiger charge is 2.34. The average molecular weight is 566 g/mol. The molecule has 0 bridgehead atoms. The second-order valence-electron chi connectivity index (χ2n) is 11.0. The van der Waals surface area contributed by atoms with E-state index in [0.29, 0.717) is 28.1 Å². The van der Waals surface area contributed by atoms with Gasteiger partial charge in [0.2, 0.25) is 0 Å². The zero-order valence-corrected chi connectivity index (χ0v) is 23.0. The number of hydrazine groups is 2. The average Bonchev–Trinajstić information content (AvgIpc) is 3.94. The summed E-state index contributed by atoms with van der Waals surface area (Å²) in [5.41, 5.74) is 12.1. The molecule has 206 valence electrons. The molecule has 0 amide bonds. The first-order chi connectivity index (χ1) is 20.1. The third kappa shape index (κ3) is 5.26. The van der Waals surface area contributed by atoms with E-state index in [4.69, 9.17) is 11.6 Å². The van der Waals surface area contributed by atoms with Gasteiger partial charge in [0.05, 0.1) is 39.6 Å². The highest BCUT2D eigenvalue weighted by atomic mass is 35.5. The number of hydrogen-bond donors (Lipinski definition) is 4. The van der Waals surface area contributed by atoms with Crippen molar-refractivity contribution in [3.8, 4) is 6.07 Å². The van der Waals surface area contributed by atoms with Gasteiger partial charge in [-0.25, -0.2) is 4.39 Å². The van der Waals surface area contributed by atoms with Crippen LogP contribution in [0.5, 0.6) is 0 Å². The van der Waals surface area contributed by atoms with Crippen LogP contribution in [0.15, 0.2) is 84.8 Å². The molecule has 4 N–H and O–H groups in total. The molecular formula is C32H29ClFN7. The molecule has 41 heavy (non-hydrogen) atoms. The van der Waals surface area contributed by atoms with Crippen molar-refractivity contribution in [2.45, 2.75) is 43.8 Å². The van der Waals surface area contributed by atoms with Gasteiger partial charge in [-0.15, -0.1) is 5.53 Å². The zero-order valence-electron chi connectivity index (χ0n) is 22.2. The largest absolute Gasteiger partial charge is 0.376 e. The van der Waals surface area contributed by atoms with Crippen molar-refractivity contribution in [1.82, 2.24) is 21.0 Å². The lowest BCUT2D eigenvalue weighted by Gasteiger charge is -2.24. The molecular weight excluding hydrogens is 537 g/mol. The molecule has 7 nitrogen and oxygen atoms in total. The fraction of sp³-hybridized carbons (Fsp3) is 0.250. The molecule has 1 aromatic heterocycles. The Kier molecular flexibility index (Phi) is 6.62. The molecule has 2 heterocycles. The van der Waals surface area contributed by atoms with E-state index in [1.165, 1.54) is 17.7 Å². The lowest BCUT2D eigenvalue weighted by molar-refractivity contribution is 0.260. The van der Waals surface area contributed by atoms with Crippen molar-refractivity contribution >= 4 is 33.9 Å².